The molecule has 1 atom stereocenters. The molecule has 0 saturated carbocycles. The normalized spacial score (nSPS) is 18.2. The van der Waals surface area contributed by atoms with Gasteiger partial charge in [0, 0.05) is 24.8 Å². The Morgan fingerprint density at radius 1 is 1.41 bits per heavy atom. The van der Waals surface area contributed by atoms with Gasteiger partial charge >= 0.3 is 6.03 Å². The lowest BCUT2D eigenvalue weighted by atomic mass is 10.1. The Balaban J connectivity index is 1.68. The van der Waals surface area contributed by atoms with Gasteiger partial charge in [-0.05, 0) is 58.8 Å². The Bertz CT molecular complexity index is 491. The van der Waals surface area contributed by atoms with Gasteiger partial charge in [0.15, 0.2) is 0 Å². The van der Waals surface area contributed by atoms with E-state index in [1.165, 1.54) is 5.69 Å². The molecular weight excluding hydrogens is 278 g/mol. The molecule has 0 aliphatic carbocycles. The fourth-order valence-corrected chi connectivity index (χ4v) is 2.88. The molecule has 1 saturated heterocycles. The van der Waals surface area contributed by atoms with E-state index in [2.05, 4.69) is 47.6 Å². The highest BCUT2D eigenvalue weighted by Gasteiger charge is 2.18. The fraction of sp³-hybridized carbons (Fsp3) is 0.750. The first-order chi connectivity index (χ1) is 10.4. The summed E-state index contributed by atoms with van der Waals surface area (Å²) in [6, 6.07) is 2.34. The van der Waals surface area contributed by atoms with Crippen LogP contribution in [0.5, 0.6) is 0 Å². The Morgan fingerprint density at radius 2 is 2.09 bits per heavy atom. The zero-order chi connectivity index (χ0) is 16.1. The number of aromatic nitrogens is 2. The van der Waals surface area contributed by atoms with Crippen molar-refractivity contribution >= 4 is 6.03 Å². The maximum absolute atomic E-state index is 12.0. The Kier molecular flexibility index (Phi) is 5.83. The van der Waals surface area contributed by atoms with Gasteiger partial charge in [0.2, 0.25) is 0 Å². The van der Waals surface area contributed by atoms with Crippen molar-refractivity contribution in [2.75, 3.05) is 26.7 Å². The summed E-state index contributed by atoms with van der Waals surface area (Å²) in [7, 11) is 2.12. The predicted molar refractivity (Wildman–Crippen MR) is 87.9 cm³/mol. The minimum absolute atomic E-state index is 0.0465. The highest BCUT2D eigenvalue weighted by Crippen LogP contribution is 2.08. The van der Waals surface area contributed by atoms with Gasteiger partial charge in [0.05, 0.1) is 5.69 Å². The quantitative estimate of drug-likeness (QED) is 0.867. The van der Waals surface area contributed by atoms with Crippen molar-refractivity contribution in [3.8, 4) is 0 Å². The smallest absolute Gasteiger partial charge is 0.315 e. The van der Waals surface area contributed by atoms with E-state index in [1.54, 1.807) is 0 Å². The van der Waals surface area contributed by atoms with Crippen LogP contribution in [-0.4, -0.2) is 53.4 Å². The number of likely N-dealkylation sites (tertiary alicyclic amines) is 1. The van der Waals surface area contributed by atoms with E-state index in [4.69, 9.17) is 0 Å². The van der Waals surface area contributed by atoms with Gasteiger partial charge in [-0.25, -0.2) is 4.79 Å². The molecule has 124 valence electrons. The molecule has 1 unspecified atom stereocenters. The number of carbonyl (C=O) groups excluding carboxylic acids is 1. The average molecular weight is 307 g/mol. The van der Waals surface area contributed by atoms with Crippen molar-refractivity contribution in [1.82, 2.24) is 25.3 Å². The molecule has 0 spiro atoms. The van der Waals surface area contributed by atoms with Crippen LogP contribution in [0.15, 0.2) is 6.07 Å². The number of rotatable bonds is 5. The van der Waals surface area contributed by atoms with Crippen LogP contribution in [0, 0.1) is 19.8 Å². The molecule has 0 radical (unpaired) electrons. The molecule has 0 bridgehead atoms. The molecule has 6 heteroatoms. The summed E-state index contributed by atoms with van der Waals surface area (Å²) >= 11 is 0. The van der Waals surface area contributed by atoms with Gasteiger partial charge in [-0.2, -0.15) is 5.10 Å². The summed E-state index contributed by atoms with van der Waals surface area (Å²) in [5.41, 5.74) is 2.21. The molecule has 2 heterocycles. The molecule has 2 rings (SSSR count). The first-order valence-electron chi connectivity index (χ1n) is 8.18. The number of aryl methyl sites for hydroxylation is 2. The lowest BCUT2D eigenvalue weighted by molar-refractivity contribution is 0.212. The maximum atomic E-state index is 12.0. The molecular formula is C16H29N5O. The van der Waals surface area contributed by atoms with E-state index in [0.717, 1.165) is 38.2 Å². The minimum atomic E-state index is -0.0465. The predicted octanol–water partition coefficient (Wildman–Crippen LogP) is 1.53. The van der Waals surface area contributed by atoms with Crippen LogP contribution >= 0.6 is 0 Å². The Labute approximate surface area is 133 Å². The van der Waals surface area contributed by atoms with Gasteiger partial charge in [-0.1, -0.05) is 6.92 Å². The minimum Gasteiger partial charge on any atom is -0.338 e. The van der Waals surface area contributed by atoms with E-state index in [9.17, 15) is 4.79 Å². The number of urea groups is 1. The van der Waals surface area contributed by atoms with Gasteiger partial charge < -0.3 is 15.5 Å². The Hall–Kier alpha value is -1.56. The number of hydrogen-bond acceptors (Lipinski definition) is 3. The molecule has 6 nitrogen and oxygen atoms in total. The molecule has 1 fully saturated rings. The molecule has 1 aliphatic rings. The summed E-state index contributed by atoms with van der Waals surface area (Å²) in [6.45, 7) is 9.80. The van der Waals surface area contributed by atoms with E-state index in [1.807, 2.05) is 11.6 Å². The monoisotopic (exact) mass is 307 g/mol. The number of amides is 2. The van der Waals surface area contributed by atoms with Crippen LogP contribution in [0.1, 0.15) is 31.2 Å². The van der Waals surface area contributed by atoms with Crippen molar-refractivity contribution in [1.29, 1.82) is 0 Å². The number of nitrogens with one attached hydrogen (secondary N) is 2. The topological polar surface area (TPSA) is 62.2 Å². The summed E-state index contributed by atoms with van der Waals surface area (Å²) in [4.78, 5) is 14.3. The van der Waals surface area contributed by atoms with Crippen LogP contribution in [0.3, 0.4) is 0 Å². The van der Waals surface area contributed by atoms with E-state index < -0.39 is 0 Å². The molecule has 1 aliphatic heterocycles. The lowest BCUT2D eigenvalue weighted by Crippen LogP contribution is -2.48. The molecule has 0 aromatic carbocycles. The summed E-state index contributed by atoms with van der Waals surface area (Å²) in [6.07, 6.45) is 2.07. The van der Waals surface area contributed by atoms with Crippen molar-refractivity contribution in [3.63, 3.8) is 0 Å². The second-order valence-corrected chi connectivity index (χ2v) is 6.65. The largest absolute Gasteiger partial charge is 0.338 e. The third-order valence-electron chi connectivity index (χ3n) is 4.25. The summed E-state index contributed by atoms with van der Waals surface area (Å²) < 4.78 is 2.01. The number of nitrogens with zero attached hydrogens (tertiary/aromatic N) is 3. The van der Waals surface area contributed by atoms with Gasteiger partial charge in [0.1, 0.15) is 0 Å². The molecule has 2 amide bonds. The average Bonchev–Trinajstić information content (AvgIpc) is 2.77. The third-order valence-corrected chi connectivity index (χ3v) is 4.25. The van der Waals surface area contributed by atoms with Gasteiger partial charge in [0.25, 0.3) is 0 Å². The van der Waals surface area contributed by atoms with Crippen molar-refractivity contribution < 1.29 is 4.79 Å². The molecule has 22 heavy (non-hydrogen) atoms. The second-order valence-electron chi connectivity index (χ2n) is 6.65. The summed E-state index contributed by atoms with van der Waals surface area (Å²) in [5, 5.41) is 10.5. The SMILES string of the molecule is Cc1cc(C)n(CC(C)CNC(=O)NC2CCN(C)CC2)n1. The number of carbonyl (C=O) groups is 1. The van der Waals surface area contributed by atoms with E-state index in [-0.39, 0.29) is 6.03 Å². The van der Waals surface area contributed by atoms with Crippen LogP contribution < -0.4 is 10.6 Å². The van der Waals surface area contributed by atoms with Crippen LogP contribution in [0.2, 0.25) is 0 Å². The van der Waals surface area contributed by atoms with Crippen LogP contribution in [0.25, 0.3) is 0 Å². The van der Waals surface area contributed by atoms with Crippen molar-refractivity contribution in [2.24, 2.45) is 5.92 Å². The van der Waals surface area contributed by atoms with Crippen LogP contribution in [0.4, 0.5) is 4.79 Å². The summed E-state index contributed by atoms with van der Waals surface area (Å²) in [5.74, 6) is 0.348. The highest BCUT2D eigenvalue weighted by atomic mass is 16.2. The fourth-order valence-electron chi connectivity index (χ4n) is 2.88. The first-order valence-corrected chi connectivity index (χ1v) is 8.18. The maximum Gasteiger partial charge on any atom is 0.315 e. The molecule has 2 N–H and O–H groups in total. The standard InChI is InChI=1S/C16H29N5O/c1-12(11-21-14(3)9-13(2)19-21)10-17-16(22)18-15-5-7-20(4)8-6-15/h9,12,15H,5-8,10-11H2,1-4H3,(H2,17,18,22). The van der Waals surface area contributed by atoms with Gasteiger partial charge in [-0.3, -0.25) is 4.68 Å². The van der Waals surface area contributed by atoms with Gasteiger partial charge in [-0.15, -0.1) is 0 Å². The number of hydrogen-bond donors (Lipinski definition) is 2. The third kappa shape index (κ3) is 5.02. The lowest BCUT2D eigenvalue weighted by Gasteiger charge is -2.29. The first kappa shape index (κ1) is 16.8. The zero-order valence-electron chi connectivity index (χ0n) is 14.2. The zero-order valence-corrected chi connectivity index (χ0v) is 14.2. The highest BCUT2D eigenvalue weighted by molar-refractivity contribution is 5.74. The molecule has 1 aromatic rings. The van der Waals surface area contributed by atoms with Crippen molar-refractivity contribution in [2.45, 2.75) is 46.2 Å². The number of piperidine rings is 1. The van der Waals surface area contributed by atoms with E-state index >= 15 is 0 Å². The molecule has 1 aromatic heterocycles. The van der Waals surface area contributed by atoms with E-state index in [0.29, 0.717) is 18.5 Å². The van der Waals surface area contributed by atoms with Crippen molar-refractivity contribution in [3.05, 3.63) is 17.5 Å². The second kappa shape index (κ2) is 7.63. The van der Waals surface area contributed by atoms with Crippen LogP contribution in [-0.2, 0) is 6.54 Å². The Morgan fingerprint density at radius 3 is 2.68 bits per heavy atom.